The Bertz CT molecular complexity index is 1390. The SMILES string of the molecule is CC1=C(CC/C=N/N=C/CCC2=C(C)C=C3C(=O)[C@@](C)(O)C4(CC4)C(C)=C32)C2=C(C)C3(CC3)[C@@](C)(O)C(=O)C2=C1. The molecule has 0 heterocycles. The predicted molar refractivity (Wildman–Crippen MR) is 157 cm³/mol. The third-order valence-electron chi connectivity index (χ3n) is 11.0. The minimum absolute atomic E-state index is 0.144. The fourth-order valence-corrected chi connectivity index (χ4v) is 8.10. The Morgan fingerprint density at radius 2 is 1.05 bits per heavy atom. The van der Waals surface area contributed by atoms with Gasteiger partial charge in [-0.25, -0.2) is 0 Å². The van der Waals surface area contributed by atoms with Crippen LogP contribution in [0.4, 0.5) is 0 Å². The number of nitrogens with zero attached hydrogens (tertiary/aromatic N) is 2. The molecule has 6 nitrogen and oxygen atoms in total. The molecule has 40 heavy (non-hydrogen) atoms. The molecule has 2 spiro atoms. The molecule has 0 saturated heterocycles. The van der Waals surface area contributed by atoms with Gasteiger partial charge >= 0.3 is 0 Å². The van der Waals surface area contributed by atoms with Gasteiger partial charge in [0, 0.05) is 34.4 Å². The van der Waals surface area contributed by atoms with Crippen LogP contribution in [0.1, 0.15) is 92.9 Å². The summed E-state index contributed by atoms with van der Waals surface area (Å²) in [4.78, 5) is 26.3. The first kappa shape index (κ1) is 27.2. The standard InChI is InChI=1S/C34H40N2O4/c1-19-17-25-27(21(3)33(11-12-33)31(5,39)29(25)37)23(19)9-7-15-35-36-16-8-10-24-20(2)18-26-28(24)22(4)34(13-14-34)32(6,40)30(26)38/h15-18,39-40H,7-14H2,1-6H3/b35-15+,36-16+/t31-,32+. The number of aliphatic hydroxyl groups is 2. The van der Waals surface area contributed by atoms with E-state index < -0.39 is 22.0 Å². The van der Waals surface area contributed by atoms with Crippen LogP contribution < -0.4 is 0 Å². The summed E-state index contributed by atoms with van der Waals surface area (Å²) in [6.45, 7) is 11.6. The lowest BCUT2D eigenvalue weighted by Gasteiger charge is -2.39. The monoisotopic (exact) mass is 540 g/mol. The highest BCUT2D eigenvalue weighted by molar-refractivity contribution is 6.11. The molecule has 2 fully saturated rings. The molecule has 2 N–H and O–H groups in total. The van der Waals surface area contributed by atoms with Gasteiger partial charge in [-0.05, 0) is 138 Å². The molecule has 6 rings (SSSR count). The van der Waals surface area contributed by atoms with Crippen molar-refractivity contribution in [2.24, 2.45) is 21.0 Å². The smallest absolute Gasteiger partial charge is 0.195 e. The quantitative estimate of drug-likeness (QED) is 0.307. The van der Waals surface area contributed by atoms with E-state index in [0.29, 0.717) is 24.0 Å². The van der Waals surface area contributed by atoms with Crippen LogP contribution in [0, 0.1) is 10.8 Å². The molecule has 6 heteroatoms. The van der Waals surface area contributed by atoms with E-state index in [1.807, 2.05) is 38.4 Å². The van der Waals surface area contributed by atoms with Crippen molar-refractivity contribution >= 4 is 24.0 Å². The maximum Gasteiger partial charge on any atom is 0.195 e. The zero-order chi connectivity index (χ0) is 28.8. The lowest BCUT2D eigenvalue weighted by atomic mass is 9.67. The maximum absolute atomic E-state index is 13.1. The van der Waals surface area contributed by atoms with Crippen LogP contribution in [-0.2, 0) is 9.59 Å². The summed E-state index contributed by atoms with van der Waals surface area (Å²) >= 11 is 0. The van der Waals surface area contributed by atoms with E-state index in [0.717, 1.165) is 72.0 Å². The lowest BCUT2D eigenvalue weighted by Crippen LogP contribution is -2.49. The number of carbonyl (C=O) groups is 2. The average molecular weight is 541 g/mol. The Labute approximate surface area is 236 Å². The van der Waals surface area contributed by atoms with Gasteiger partial charge in [0.25, 0.3) is 0 Å². The van der Waals surface area contributed by atoms with E-state index in [-0.39, 0.29) is 11.6 Å². The highest BCUT2D eigenvalue weighted by Crippen LogP contribution is 2.66. The van der Waals surface area contributed by atoms with Crippen LogP contribution in [0.25, 0.3) is 0 Å². The summed E-state index contributed by atoms with van der Waals surface area (Å²) in [5, 5.41) is 30.6. The summed E-state index contributed by atoms with van der Waals surface area (Å²) in [6, 6.07) is 0. The van der Waals surface area contributed by atoms with Crippen molar-refractivity contribution in [2.45, 2.75) is 104 Å². The van der Waals surface area contributed by atoms with Gasteiger partial charge in [0.2, 0.25) is 0 Å². The Morgan fingerprint density at radius 1 is 0.700 bits per heavy atom. The molecule has 0 unspecified atom stereocenters. The van der Waals surface area contributed by atoms with Gasteiger partial charge in [0.15, 0.2) is 11.6 Å². The van der Waals surface area contributed by atoms with Gasteiger partial charge < -0.3 is 10.2 Å². The fourth-order valence-electron chi connectivity index (χ4n) is 8.10. The number of fused-ring (bicyclic) bond motifs is 2. The number of hydrogen-bond donors (Lipinski definition) is 2. The number of allylic oxidation sites excluding steroid dienone is 8. The highest BCUT2D eigenvalue weighted by atomic mass is 16.3. The second-order valence-corrected chi connectivity index (χ2v) is 13.1. The van der Waals surface area contributed by atoms with Crippen LogP contribution >= 0.6 is 0 Å². The van der Waals surface area contributed by atoms with Gasteiger partial charge in [0.05, 0.1) is 0 Å². The van der Waals surface area contributed by atoms with E-state index in [4.69, 9.17) is 0 Å². The van der Waals surface area contributed by atoms with E-state index in [1.54, 1.807) is 13.8 Å². The molecule has 6 aliphatic carbocycles. The molecule has 0 aliphatic heterocycles. The Morgan fingerprint density at radius 3 is 1.38 bits per heavy atom. The van der Waals surface area contributed by atoms with Crippen LogP contribution in [0.15, 0.2) is 78.1 Å². The molecular formula is C34H40N2O4. The summed E-state index contributed by atoms with van der Waals surface area (Å²) in [6.07, 6.45) is 14.0. The normalized spacial score (nSPS) is 31.9. The molecule has 0 aromatic heterocycles. The highest BCUT2D eigenvalue weighted by Gasteiger charge is 2.66. The Kier molecular flexibility index (Phi) is 5.97. The Balaban J connectivity index is 1.07. The largest absolute Gasteiger partial charge is 0.381 e. The van der Waals surface area contributed by atoms with Crippen molar-refractivity contribution in [1.82, 2.24) is 0 Å². The first-order valence-electron chi connectivity index (χ1n) is 14.7. The van der Waals surface area contributed by atoms with Crippen LogP contribution in [0.2, 0.25) is 0 Å². The zero-order valence-electron chi connectivity index (χ0n) is 24.6. The number of rotatable bonds is 7. The lowest BCUT2D eigenvalue weighted by molar-refractivity contribution is -0.138. The maximum atomic E-state index is 13.1. The molecule has 0 bridgehead atoms. The summed E-state index contributed by atoms with van der Waals surface area (Å²) in [7, 11) is 0. The summed E-state index contributed by atoms with van der Waals surface area (Å²) in [5.41, 5.74) is 6.87. The van der Waals surface area contributed by atoms with Crippen molar-refractivity contribution < 1.29 is 19.8 Å². The molecule has 210 valence electrons. The van der Waals surface area contributed by atoms with E-state index >= 15 is 0 Å². The first-order valence-corrected chi connectivity index (χ1v) is 14.7. The van der Waals surface area contributed by atoms with Crippen LogP contribution in [0.5, 0.6) is 0 Å². The van der Waals surface area contributed by atoms with Crippen molar-refractivity contribution in [3.8, 4) is 0 Å². The number of Topliss-reactive ketones (excluding diaryl/α,β-unsaturated/α-hetero) is 2. The number of ketones is 2. The van der Waals surface area contributed by atoms with Gasteiger partial charge in [-0.15, -0.1) is 0 Å². The summed E-state index contributed by atoms with van der Waals surface area (Å²) < 4.78 is 0. The second kappa shape index (κ2) is 8.77. The number of hydrogen-bond acceptors (Lipinski definition) is 6. The topological polar surface area (TPSA) is 99.3 Å². The first-order chi connectivity index (χ1) is 18.8. The molecule has 0 aromatic carbocycles. The third kappa shape index (κ3) is 3.48. The van der Waals surface area contributed by atoms with Gasteiger partial charge in [-0.2, -0.15) is 10.2 Å². The van der Waals surface area contributed by atoms with E-state index in [2.05, 4.69) is 24.1 Å². The third-order valence-corrected chi connectivity index (χ3v) is 11.0. The molecule has 0 aromatic rings. The molecule has 2 saturated carbocycles. The van der Waals surface area contributed by atoms with Crippen molar-refractivity contribution in [3.63, 3.8) is 0 Å². The molecule has 0 amide bonds. The molecular weight excluding hydrogens is 500 g/mol. The predicted octanol–water partition coefficient (Wildman–Crippen LogP) is 5.98. The van der Waals surface area contributed by atoms with Crippen LogP contribution in [0.3, 0.4) is 0 Å². The zero-order valence-corrected chi connectivity index (χ0v) is 24.6. The van der Waals surface area contributed by atoms with E-state index in [9.17, 15) is 19.8 Å². The summed E-state index contributed by atoms with van der Waals surface area (Å²) in [5.74, 6) is -0.288. The van der Waals surface area contributed by atoms with Crippen molar-refractivity contribution in [1.29, 1.82) is 0 Å². The van der Waals surface area contributed by atoms with E-state index in [1.165, 1.54) is 11.1 Å². The molecule has 6 aliphatic rings. The minimum Gasteiger partial charge on any atom is -0.381 e. The van der Waals surface area contributed by atoms with Gasteiger partial charge in [-0.3, -0.25) is 9.59 Å². The van der Waals surface area contributed by atoms with Crippen molar-refractivity contribution in [3.05, 3.63) is 67.9 Å². The number of carbonyl (C=O) groups excluding carboxylic acids is 2. The second-order valence-electron chi connectivity index (χ2n) is 13.1. The van der Waals surface area contributed by atoms with Gasteiger partial charge in [-0.1, -0.05) is 11.1 Å². The van der Waals surface area contributed by atoms with Crippen molar-refractivity contribution in [2.75, 3.05) is 0 Å². The van der Waals surface area contributed by atoms with Crippen LogP contribution in [-0.4, -0.2) is 45.4 Å². The average Bonchev–Trinajstić information content (AvgIpc) is 3.82. The Hall–Kier alpha value is -2.96. The molecule has 2 atom stereocenters. The van der Waals surface area contributed by atoms with Gasteiger partial charge in [0.1, 0.15) is 11.2 Å². The molecule has 0 radical (unpaired) electrons. The fraction of sp³-hybridized carbons (Fsp3) is 0.529. The minimum atomic E-state index is -1.32.